The van der Waals surface area contributed by atoms with Crippen molar-refractivity contribution < 1.29 is 23.8 Å². The van der Waals surface area contributed by atoms with Gasteiger partial charge in [-0.2, -0.15) is 0 Å². The summed E-state index contributed by atoms with van der Waals surface area (Å²) in [6.45, 7) is 3.12. The molecular weight excluding hydrogens is 449 g/mol. The van der Waals surface area contributed by atoms with Crippen LogP contribution in [0.3, 0.4) is 0 Å². The Kier molecular flexibility index (Phi) is 10.2. The van der Waals surface area contributed by atoms with Crippen LogP contribution in [0.2, 0.25) is 0 Å². The number of carboxylic acid groups (broad SMARTS) is 1. The van der Waals surface area contributed by atoms with E-state index in [1.165, 1.54) is 38.8 Å². The minimum atomic E-state index is -1.46. The lowest BCUT2D eigenvalue weighted by Crippen LogP contribution is -2.27. The molecule has 1 amide bonds. The van der Waals surface area contributed by atoms with Crippen molar-refractivity contribution in [3.63, 3.8) is 0 Å². The van der Waals surface area contributed by atoms with Crippen molar-refractivity contribution >= 4 is 23.3 Å². The van der Waals surface area contributed by atoms with Crippen molar-refractivity contribution in [3.05, 3.63) is 59.7 Å². The van der Waals surface area contributed by atoms with E-state index in [-0.39, 0.29) is 12.1 Å². The Labute approximate surface area is 205 Å². The van der Waals surface area contributed by atoms with Crippen molar-refractivity contribution in [2.24, 2.45) is 16.6 Å². The molecule has 0 bridgehead atoms. The molecule has 7 nitrogen and oxygen atoms in total. The van der Waals surface area contributed by atoms with E-state index < -0.39 is 18.0 Å². The van der Waals surface area contributed by atoms with Crippen LogP contribution in [-0.2, 0) is 16.0 Å². The molecule has 2 heterocycles. The first-order valence-electron chi connectivity index (χ1n) is 12.2. The summed E-state index contributed by atoms with van der Waals surface area (Å²) in [6.07, 6.45) is 5.58. The topological polar surface area (TPSA) is 114 Å². The van der Waals surface area contributed by atoms with Crippen LogP contribution in [0.4, 0.5) is 10.1 Å². The molecule has 1 saturated heterocycles. The maximum Gasteiger partial charge on any atom is 0.303 e. The molecule has 4 N–H and O–H groups in total. The number of aliphatic imine (C=N–C) groups is 1. The number of alkyl halides is 1. The average molecular weight is 484 g/mol. The zero-order valence-electron chi connectivity index (χ0n) is 19.9. The molecule has 8 heteroatoms. The number of para-hydroxylation sites is 1. The van der Waals surface area contributed by atoms with Crippen LogP contribution >= 0.6 is 0 Å². The van der Waals surface area contributed by atoms with E-state index in [4.69, 9.17) is 15.6 Å². The second-order valence-corrected chi connectivity index (χ2v) is 8.86. The fraction of sp³-hybridized carbons (Fsp3) is 0.444. The number of nitrogens with two attached hydrogens (primary N) is 1. The molecule has 35 heavy (non-hydrogen) atoms. The van der Waals surface area contributed by atoms with Gasteiger partial charge >= 0.3 is 5.97 Å². The van der Waals surface area contributed by atoms with Crippen LogP contribution in [-0.4, -0.2) is 42.4 Å². The number of aryl methyl sites for hydroxylation is 1. The molecule has 2 aliphatic rings. The van der Waals surface area contributed by atoms with Gasteiger partial charge in [-0.15, -0.1) is 0 Å². The number of halogens is 1. The van der Waals surface area contributed by atoms with Crippen molar-refractivity contribution in [1.82, 2.24) is 5.32 Å². The molecular formula is C27H34FN3O4. The highest BCUT2D eigenvalue weighted by atomic mass is 19.1. The number of aliphatic carboxylic acids is 1. The third-order valence-electron chi connectivity index (χ3n) is 6.23. The van der Waals surface area contributed by atoms with E-state index in [1.54, 1.807) is 24.3 Å². The minimum absolute atomic E-state index is 0.177. The predicted molar refractivity (Wildman–Crippen MR) is 134 cm³/mol. The van der Waals surface area contributed by atoms with Gasteiger partial charge in [0.1, 0.15) is 11.5 Å². The SMILES string of the molecule is NC(=O)C1=Nc2ccccc2C1F.O=C(O)CCc1ccc(OCCCCC2CCNCC2)cc1. The van der Waals surface area contributed by atoms with E-state index in [2.05, 4.69) is 10.3 Å². The first-order valence-corrected chi connectivity index (χ1v) is 12.2. The highest BCUT2D eigenvalue weighted by Gasteiger charge is 2.29. The van der Waals surface area contributed by atoms with Gasteiger partial charge in [-0.05, 0) is 74.9 Å². The number of carboxylic acids is 1. The summed E-state index contributed by atoms with van der Waals surface area (Å²) in [6, 6.07) is 14.5. The molecule has 2 aromatic rings. The Morgan fingerprint density at radius 2 is 1.80 bits per heavy atom. The summed E-state index contributed by atoms with van der Waals surface area (Å²) in [5.74, 6) is 0.216. The van der Waals surface area contributed by atoms with Gasteiger partial charge in [0, 0.05) is 12.0 Å². The molecule has 4 rings (SSSR count). The smallest absolute Gasteiger partial charge is 0.303 e. The van der Waals surface area contributed by atoms with Crippen molar-refractivity contribution in [1.29, 1.82) is 0 Å². The number of nitrogens with one attached hydrogen (secondary N) is 1. The van der Waals surface area contributed by atoms with Crippen molar-refractivity contribution in [2.45, 2.75) is 51.1 Å². The summed E-state index contributed by atoms with van der Waals surface area (Å²) in [5.41, 5.74) is 6.70. The highest BCUT2D eigenvalue weighted by molar-refractivity contribution is 6.41. The number of piperidine rings is 1. The van der Waals surface area contributed by atoms with Crippen LogP contribution < -0.4 is 15.8 Å². The number of hydrogen-bond donors (Lipinski definition) is 3. The van der Waals surface area contributed by atoms with Gasteiger partial charge in [0.15, 0.2) is 6.17 Å². The third kappa shape index (κ3) is 8.47. The molecule has 1 fully saturated rings. The summed E-state index contributed by atoms with van der Waals surface area (Å²) >= 11 is 0. The zero-order chi connectivity index (χ0) is 25.0. The number of primary amides is 1. The lowest BCUT2D eigenvalue weighted by Gasteiger charge is -2.22. The molecule has 1 atom stereocenters. The summed E-state index contributed by atoms with van der Waals surface area (Å²) in [7, 11) is 0. The number of amides is 1. The van der Waals surface area contributed by atoms with Gasteiger partial charge < -0.3 is 20.9 Å². The normalized spacial score (nSPS) is 17.1. The molecule has 0 radical (unpaired) electrons. The number of hydrogen-bond acceptors (Lipinski definition) is 5. The molecule has 0 aliphatic carbocycles. The predicted octanol–water partition coefficient (Wildman–Crippen LogP) is 4.52. The Bertz CT molecular complexity index is 1000. The van der Waals surface area contributed by atoms with Gasteiger partial charge in [0.25, 0.3) is 5.91 Å². The van der Waals surface area contributed by atoms with Crippen LogP contribution in [0.5, 0.6) is 5.75 Å². The second kappa shape index (κ2) is 13.6. The number of ether oxygens (including phenoxy) is 1. The van der Waals surface area contributed by atoms with Crippen LogP contribution in [0.1, 0.15) is 55.8 Å². The van der Waals surface area contributed by atoms with Crippen LogP contribution in [0.25, 0.3) is 0 Å². The maximum atomic E-state index is 13.4. The Hall–Kier alpha value is -3.26. The summed E-state index contributed by atoms with van der Waals surface area (Å²) in [4.78, 5) is 25.1. The van der Waals surface area contributed by atoms with Crippen LogP contribution in [0, 0.1) is 5.92 Å². The quantitative estimate of drug-likeness (QED) is 0.430. The number of carbonyl (C=O) groups is 2. The third-order valence-corrected chi connectivity index (χ3v) is 6.23. The molecule has 0 spiro atoms. The van der Waals surface area contributed by atoms with Gasteiger partial charge in [0.05, 0.1) is 12.3 Å². The second-order valence-electron chi connectivity index (χ2n) is 8.86. The molecule has 0 aromatic heterocycles. The van der Waals surface area contributed by atoms with E-state index in [0.717, 1.165) is 30.3 Å². The number of benzene rings is 2. The van der Waals surface area contributed by atoms with E-state index in [9.17, 15) is 14.0 Å². The first kappa shape index (κ1) is 26.3. The van der Waals surface area contributed by atoms with Gasteiger partial charge in [-0.25, -0.2) is 9.38 Å². The van der Waals surface area contributed by atoms with E-state index in [1.807, 2.05) is 24.3 Å². The number of unbranched alkanes of at least 4 members (excludes halogenated alkanes) is 1. The van der Waals surface area contributed by atoms with Crippen LogP contribution in [0.15, 0.2) is 53.5 Å². The Morgan fingerprint density at radius 1 is 1.09 bits per heavy atom. The summed E-state index contributed by atoms with van der Waals surface area (Å²) < 4.78 is 19.1. The number of rotatable bonds is 10. The van der Waals surface area contributed by atoms with Gasteiger partial charge in [-0.1, -0.05) is 36.8 Å². The fourth-order valence-corrected chi connectivity index (χ4v) is 4.22. The molecule has 2 aliphatic heterocycles. The number of nitrogens with zero attached hydrogens (tertiary/aromatic N) is 1. The van der Waals surface area contributed by atoms with E-state index >= 15 is 0 Å². The Balaban J connectivity index is 0.000000223. The average Bonchev–Trinajstić information content (AvgIpc) is 3.21. The largest absolute Gasteiger partial charge is 0.494 e. The van der Waals surface area contributed by atoms with Crippen molar-refractivity contribution in [2.75, 3.05) is 19.7 Å². The molecule has 1 unspecified atom stereocenters. The highest BCUT2D eigenvalue weighted by Crippen LogP contribution is 2.35. The first-order chi connectivity index (χ1) is 16.9. The summed E-state index contributed by atoms with van der Waals surface area (Å²) in [5, 5.41) is 12.1. The van der Waals surface area contributed by atoms with Gasteiger partial charge in [-0.3, -0.25) is 9.59 Å². The molecule has 188 valence electrons. The monoisotopic (exact) mass is 483 g/mol. The number of fused-ring (bicyclic) bond motifs is 1. The minimum Gasteiger partial charge on any atom is -0.494 e. The zero-order valence-corrected chi connectivity index (χ0v) is 19.9. The number of carbonyl (C=O) groups excluding carboxylic acids is 1. The molecule has 0 saturated carbocycles. The van der Waals surface area contributed by atoms with E-state index in [0.29, 0.717) is 17.7 Å². The lowest BCUT2D eigenvalue weighted by atomic mass is 9.93. The standard InChI is InChI=1S/C18H27NO3.C9H7FN2O/c20-18(21)9-6-16-4-7-17(8-5-16)22-14-2-1-3-15-10-12-19-13-11-15;10-7-5-3-1-2-4-6(5)12-8(7)9(11)13/h4-5,7-8,15,19H,1-3,6,9-14H2,(H,20,21);1-4,7H,(H2,11,13). The lowest BCUT2D eigenvalue weighted by molar-refractivity contribution is -0.137. The molecule has 2 aromatic carbocycles. The Morgan fingerprint density at radius 3 is 2.46 bits per heavy atom. The fourth-order valence-electron chi connectivity index (χ4n) is 4.22. The van der Waals surface area contributed by atoms with Gasteiger partial charge in [0.2, 0.25) is 0 Å². The van der Waals surface area contributed by atoms with Crippen molar-refractivity contribution in [3.8, 4) is 5.75 Å². The maximum absolute atomic E-state index is 13.4.